The predicted octanol–water partition coefficient (Wildman–Crippen LogP) is 19.7. The summed E-state index contributed by atoms with van der Waals surface area (Å²) in [4.78, 5) is 7.78. The Balaban J connectivity index is 1.15. The van der Waals surface area contributed by atoms with Crippen molar-refractivity contribution in [2.75, 3.05) is 14.7 Å². The Bertz CT molecular complexity index is 3960. The summed E-state index contributed by atoms with van der Waals surface area (Å²) in [5.74, 6) is 0. The first-order valence-electron chi connectivity index (χ1n) is 30.2. The third-order valence-corrected chi connectivity index (χ3v) is 19.9. The van der Waals surface area contributed by atoms with Gasteiger partial charge in [0.2, 0.25) is 0 Å². The standard InChI is InChI=1S/C76H84BN3O/c1-70(2,3)47-25-29-50(30-26-47)78(51-31-27-48(28-32-51)71(4,5)6)53-34-36-60-63(44-53)80(62-23-20-22-55-54-21-18-19-24-67(54)81-69(55)62)66-42-49(72(7,8)9)41-65-68(66)77(60)61-45-58-59(76(16,17)40-39-75(58,14)15)46-64(61)79(65)52-33-35-56-57(43-52)74(12,13)38-37-73(56,10)11/h18-36,41-46H,37-40H2,1-17H3. The molecule has 0 unspecified atom stereocenters. The van der Waals surface area contributed by atoms with Crippen molar-refractivity contribution in [3.05, 3.63) is 191 Å². The van der Waals surface area contributed by atoms with Gasteiger partial charge in [-0.2, -0.15) is 0 Å². The van der Waals surface area contributed by atoms with Crippen LogP contribution in [0.4, 0.5) is 51.2 Å². The van der Waals surface area contributed by atoms with Gasteiger partial charge in [0.25, 0.3) is 6.71 Å². The van der Waals surface area contributed by atoms with E-state index >= 15 is 0 Å². The maximum atomic E-state index is 7.13. The van der Waals surface area contributed by atoms with Gasteiger partial charge in [0.1, 0.15) is 5.58 Å². The van der Waals surface area contributed by atoms with Crippen LogP contribution in [-0.4, -0.2) is 6.71 Å². The molecule has 0 spiro atoms. The molecule has 0 N–H and O–H groups in total. The van der Waals surface area contributed by atoms with E-state index in [4.69, 9.17) is 4.42 Å². The lowest BCUT2D eigenvalue weighted by Gasteiger charge is -2.48. The van der Waals surface area contributed by atoms with Gasteiger partial charge in [0.05, 0.1) is 5.69 Å². The van der Waals surface area contributed by atoms with Crippen molar-refractivity contribution in [3.8, 4) is 0 Å². The van der Waals surface area contributed by atoms with Crippen LogP contribution in [-0.2, 0) is 37.9 Å². The zero-order valence-electron chi connectivity index (χ0n) is 51.6. The summed E-state index contributed by atoms with van der Waals surface area (Å²) in [6.07, 6.45) is 4.63. The van der Waals surface area contributed by atoms with Gasteiger partial charge in [0, 0.05) is 56.3 Å². The second-order valence-electron chi connectivity index (χ2n) is 30.4. The number of nitrogens with zero attached hydrogens (tertiary/aromatic N) is 3. The maximum absolute atomic E-state index is 7.13. The minimum atomic E-state index is -0.189. The van der Waals surface area contributed by atoms with E-state index in [0.717, 1.165) is 69.6 Å². The fourth-order valence-electron chi connectivity index (χ4n) is 14.4. The van der Waals surface area contributed by atoms with Gasteiger partial charge >= 0.3 is 0 Å². The number of anilines is 9. The van der Waals surface area contributed by atoms with Crippen molar-refractivity contribution in [1.82, 2.24) is 0 Å². The number of para-hydroxylation sites is 2. The number of furan rings is 1. The molecule has 13 rings (SSSR count). The molecule has 81 heavy (non-hydrogen) atoms. The highest BCUT2D eigenvalue weighted by Gasteiger charge is 2.48. The lowest BCUT2D eigenvalue weighted by molar-refractivity contribution is 0.332. The largest absolute Gasteiger partial charge is 0.454 e. The molecule has 9 aromatic rings. The Morgan fingerprint density at radius 1 is 0.395 bits per heavy atom. The molecule has 2 aliphatic carbocycles. The van der Waals surface area contributed by atoms with Crippen LogP contribution in [0.1, 0.15) is 182 Å². The molecular weight excluding hydrogens is 982 g/mol. The minimum Gasteiger partial charge on any atom is -0.454 e. The van der Waals surface area contributed by atoms with Crippen molar-refractivity contribution in [2.45, 2.75) is 181 Å². The molecule has 2 aliphatic heterocycles. The second kappa shape index (κ2) is 17.8. The summed E-state index contributed by atoms with van der Waals surface area (Å²) in [7, 11) is 0. The molecule has 412 valence electrons. The molecule has 0 saturated carbocycles. The monoisotopic (exact) mass is 1070 g/mol. The van der Waals surface area contributed by atoms with Gasteiger partial charge < -0.3 is 19.1 Å². The molecule has 1 aromatic heterocycles. The quantitative estimate of drug-likeness (QED) is 0.160. The fraction of sp³-hybridized carbons (Fsp3) is 0.368. The highest BCUT2D eigenvalue weighted by Crippen LogP contribution is 2.54. The number of fused-ring (bicyclic) bond motifs is 9. The summed E-state index contributed by atoms with van der Waals surface area (Å²) in [5.41, 5.74) is 26.1. The first-order chi connectivity index (χ1) is 38.0. The van der Waals surface area contributed by atoms with Gasteiger partial charge in [-0.15, -0.1) is 0 Å². The molecule has 0 atom stereocenters. The van der Waals surface area contributed by atoms with E-state index in [2.05, 4.69) is 284 Å². The number of benzene rings is 8. The van der Waals surface area contributed by atoms with Gasteiger partial charge in [-0.25, -0.2) is 0 Å². The zero-order valence-corrected chi connectivity index (χ0v) is 51.6. The first kappa shape index (κ1) is 53.3. The van der Waals surface area contributed by atoms with Crippen molar-refractivity contribution in [3.63, 3.8) is 0 Å². The van der Waals surface area contributed by atoms with Crippen molar-refractivity contribution >= 4 is 96.2 Å². The third kappa shape index (κ3) is 8.51. The van der Waals surface area contributed by atoms with Crippen LogP contribution in [0, 0.1) is 0 Å². The van der Waals surface area contributed by atoms with Crippen LogP contribution < -0.4 is 31.1 Å². The van der Waals surface area contributed by atoms with Crippen LogP contribution in [0.25, 0.3) is 21.9 Å². The Morgan fingerprint density at radius 2 is 0.889 bits per heavy atom. The molecule has 0 radical (unpaired) electrons. The predicted molar refractivity (Wildman–Crippen MR) is 349 cm³/mol. The SMILES string of the molecule is CC(C)(C)c1ccc(N(c2ccc(C(C)(C)C)cc2)c2ccc3c(c2)N(c2cccc4c2oc2ccccc24)c2cc(C(C)(C)C)cc4c2B3c2cc3c(cc2N4c2ccc4c(c2)C(C)(C)CCC4(C)C)C(C)(C)CCC3(C)C)cc1. The Hall–Kier alpha value is -6.98. The van der Waals surface area contributed by atoms with Gasteiger partial charge in [-0.1, -0.05) is 190 Å². The number of hydrogen-bond donors (Lipinski definition) is 0. The molecule has 8 aromatic carbocycles. The van der Waals surface area contributed by atoms with E-state index in [1.54, 1.807) is 0 Å². The van der Waals surface area contributed by atoms with Crippen molar-refractivity contribution in [1.29, 1.82) is 0 Å². The lowest BCUT2D eigenvalue weighted by atomic mass is 9.33. The van der Waals surface area contributed by atoms with E-state index in [-0.39, 0.29) is 44.6 Å². The molecule has 0 saturated heterocycles. The highest BCUT2D eigenvalue weighted by molar-refractivity contribution is 7.00. The zero-order chi connectivity index (χ0) is 57.3. The molecule has 4 nitrogen and oxygen atoms in total. The van der Waals surface area contributed by atoms with E-state index in [0.29, 0.717) is 0 Å². The average Bonchev–Trinajstić information content (AvgIpc) is 3.74. The first-order valence-corrected chi connectivity index (χ1v) is 30.2. The fourth-order valence-corrected chi connectivity index (χ4v) is 14.4. The third-order valence-electron chi connectivity index (χ3n) is 19.9. The van der Waals surface area contributed by atoms with Gasteiger partial charge in [0.15, 0.2) is 5.58 Å². The van der Waals surface area contributed by atoms with E-state index < -0.39 is 0 Å². The number of rotatable bonds is 5. The van der Waals surface area contributed by atoms with Crippen LogP contribution in [0.3, 0.4) is 0 Å². The topological polar surface area (TPSA) is 22.9 Å². The Labute approximate surface area is 484 Å². The van der Waals surface area contributed by atoms with E-state index in [1.807, 2.05) is 0 Å². The molecule has 3 heterocycles. The van der Waals surface area contributed by atoms with Gasteiger partial charge in [-0.05, 0) is 198 Å². The molecule has 4 aliphatic rings. The molecule has 0 bridgehead atoms. The second-order valence-corrected chi connectivity index (χ2v) is 30.4. The summed E-state index contributed by atoms with van der Waals surface area (Å²) in [6.45, 7) is 40.7. The Kier molecular flexibility index (Phi) is 11.7. The number of hydrogen-bond acceptors (Lipinski definition) is 4. The lowest BCUT2D eigenvalue weighted by Crippen LogP contribution is -2.62. The molecule has 5 heteroatoms. The van der Waals surface area contributed by atoms with Crippen LogP contribution >= 0.6 is 0 Å². The summed E-state index contributed by atoms with van der Waals surface area (Å²) in [6, 6.07) is 59.3. The van der Waals surface area contributed by atoms with Crippen molar-refractivity contribution in [2.24, 2.45) is 0 Å². The normalized spacial score (nSPS) is 17.6. The summed E-state index contributed by atoms with van der Waals surface area (Å²) in [5, 5.41) is 2.24. The summed E-state index contributed by atoms with van der Waals surface area (Å²) >= 11 is 0. The molecule has 0 fully saturated rings. The molecule has 0 amide bonds. The van der Waals surface area contributed by atoms with Gasteiger partial charge in [-0.3, -0.25) is 0 Å². The van der Waals surface area contributed by atoms with Crippen LogP contribution in [0.2, 0.25) is 0 Å². The highest BCUT2D eigenvalue weighted by atomic mass is 16.3. The maximum Gasteiger partial charge on any atom is 0.252 e. The van der Waals surface area contributed by atoms with Crippen LogP contribution in [0.5, 0.6) is 0 Å². The minimum absolute atomic E-state index is 0.00123. The van der Waals surface area contributed by atoms with Crippen LogP contribution in [0.15, 0.2) is 156 Å². The Morgan fingerprint density at radius 3 is 1.47 bits per heavy atom. The van der Waals surface area contributed by atoms with Crippen molar-refractivity contribution < 1.29 is 4.42 Å². The smallest absolute Gasteiger partial charge is 0.252 e. The summed E-state index contributed by atoms with van der Waals surface area (Å²) < 4.78 is 7.13. The van der Waals surface area contributed by atoms with E-state index in [1.165, 1.54) is 84.5 Å². The average molecular weight is 1070 g/mol. The molecular formula is C76H84BN3O. The van der Waals surface area contributed by atoms with E-state index in [9.17, 15) is 0 Å².